The number of allylic oxidation sites excluding steroid dienone is 1. The van der Waals surface area contributed by atoms with E-state index < -0.39 is 0 Å². The first-order valence-corrected chi connectivity index (χ1v) is 8.64. The number of fused-ring (bicyclic) bond motifs is 1. The van der Waals surface area contributed by atoms with Crippen LogP contribution in [0, 0.1) is 17.7 Å². The van der Waals surface area contributed by atoms with E-state index in [0.717, 1.165) is 27.1 Å². The standard InChI is InChI=1S/C18H18N6S/c1-12-2-5-18(21)24(23-12)11-25-16-3-4-17-13(7-16)6-14(10-22-17)15(8-19)9-20/h2-10,19,21H,11,20H2,1H3/b15-9+,19-8?,21-18?. The minimum Gasteiger partial charge on any atom is -0.404 e. The molecule has 0 saturated carbocycles. The molecule has 0 aliphatic rings. The van der Waals surface area contributed by atoms with Gasteiger partial charge in [-0.2, -0.15) is 5.10 Å². The zero-order valence-electron chi connectivity index (χ0n) is 13.7. The van der Waals surface area contributed by atoms with Gasteiger partial charge < -0.3 is 11.1 Å². The topological polar surface area (TPSA) is 104 Å². The number of hydrogen-bond acceptors (Lipinski definition) is 6. The number of aryl methyl sites for hydroxylation is 1. The summed E-state index contributed by atoms with van der Waals surface area (Å²) in [5, 5.41) is 20.7. The molecule has 0 bridgehead atoms. The van der Waals surface area contributed by atoms with Crippen LogP contribution in [0.3, 0.4) is 0 Å². The molecule has 0 unspecified atom stereocenters. The lowest BCUT2D eigenvalue weighted by Gasteiger charge is -2.08. The molecule has 4 N–H and O–H groups in total. The van der Waals surface area contributed by atoms with Crippen molar-refractivity contribution in [3.05, 3.63) is 65.5 Å². The van der Waals surface area contributed by atoms with Gasteiger partial charge in [0.2, 0.25) is 0 Å². The Morgan fingerprint density at radius 1 is 1.28 bits per heavy atom. The predicted octanol–water partition coefficient (Wildman–Crippen LogP) is 2.92. The van der Waals surface area contributed by atoms with E-state index in [2.05, 4.69) is 16.1 Å². The zero-order valence-corrected chi connectivity index (χ0v) is 14.5. The molecule has 3 aromatic rings. The number of thioether (sulfide) groups is 1. The van der Waals surface area contributed by atoms with E-state index in [0.29, 0.717) is 16.9 Å². The van der Waals surface area contributed by atoms with Crippen molar-refractivity contribution in [2.45, 2.75) is 17.7 Å². The molecule has 0 amide bonds. The van der Waals surface area contributed by atoms with E-state index in [-0.39, 0.29) is 0 Å². The molecular weight excluding hydrogens is 332 g/mol. The molecule has 0 saturated heterocycles. The van der Waals surface area contributed by atoms with Crippen molar-refractivity contribution in [1.82, 2.24) is 14.8 Å². The van der Waals surface area contributed by atoms with Crippen LogP contribution in [0.15, 0.2) is 53.7 Å². The highest BCUT2D eigenvalue weighted by Crippen LogP contribution is 2.25. The molecule has 0 fully saturated rings. The average molecular weight is 350 g/mol. The third kappa shape index (κ3) is 3.77. The van der Waals surface area contributed by atoms with Crippen LogP contribution in [0.2, 0.25) is 0 Å². The number of hydrogen-bond donors (Lipinski definition) is 3. The molecule has 0 radical (unpaired) electrons. The van der Waals surface area contributed by atoms with Crippen LogP contribution in [0.25, 0.3) is 16.5 Å². The summed E-state index contributed by atoms with van der Waals surface area (Å²) in [4.78, 5) is 5.49. The van der Waals surface area contributed by atoms with E-state index in [9.17, 15) is 0 Å². The van der Waals surface area contributed by atoms with Crippen molar-refractivity contribution < 1.29 is 0 Å². The quantitative estimate of drug-likeness (QED) is 0.486. The second-order valence-corrected chi connectivity index (χ2v) is 6.50. The summed E-state index contributed by atoms with van der Waals surface area (Å²) in [6, 6.07) is 11.6. The molecule has 2 aromatic heterocycles. The fourth-order valence-electron chi connectivity index (χ4n) is 2.38. The highest BCUT2D eigenvalue weighted by molar-refractivity contribution is 7.98. The predicted molar refractivity (Wildman–Crippen MR) is 101 cm³/mol. The number of benzene rings is 1. The third-order valence-corrected chi connectivity index (χ3v) is 4.67. The molecule has 7 heteroatoms. The van der Waals surface area contributed by atoms with Crippen molar-refractivity contribution in [1.29, 1.82) is 10.8 Å². The molecule has 1 aromatic carbocycles. The fraction of sp³-hybridized carbons (Fsp3) is 0.111. The largest absolute Gasteiger partial charge is 0.404 e. The van der Waals surface area contributed by atoms with Crippen LogP contribution in [-0.2, 0) is 5.88 Å². The van der Waals surface area contributed by atoms with Crippen LogP contribution < -0.4 is 11.2 Å². The third-order valence-electron chi connectivity index (χ3n) is 3.71. The lowest BCUT2D eigenvalue weighted by atomic mass is 10.1. The SMILES string of the molecule is Cc1ccc(=N)n(CSc2ccc3ncc(/C(C=N)=C/N)cc3c2)n1. The molecule has 3 rings (SSSR count). The number of pyridine rings is 1. The van der Waals surface area contributed by atoms with Crippen molar-refractivity contribution in [2.75, 3.05) is 0 Å². The fourth-order valence-corrected chi connectivity index (χ4v) is 3.22. The van der Waals surface area contributed by atoms with Crippen LogP contribution in [0.5, 0.6) is 0 Å². The molecule has 0 spiro atoms. The number of aromatic nitrogens is 3. The molecule has 6 nitrogen and oxygen atoms in total. The van der Waals surface area contributed by atoms with Gasteiger partial charge in [0.15, 0.2) is 0 Å². The Morgan fingerprint density at radius 2 is 2.12 bits per heavy atom. The van der Waals surface area contributed by atoms with Gasteiger partial charge >= 0.3 is 0 Å². The number of nitrogens with one attached hydrogen (secondary N) is 2. The Bertz CT molecular complexity index is 1020. The maximum Gasteiger partial charge on any atom is 0.142 e. The number of nitrogens with zero attached hydrogens (tertiary/aromatic N) is 3. The lowest BCUT2D eigenvalue weighted by Crippen LogP contribution is -2.21. The zero-order chi connectivity index (χ0) is 17.8. The van der Waals surface area contributed by atoms with E-state index in [4.69, 9.17) is 16.6 Å². The van der Waals surface area contributed by atoms with Crippen molar-refractivity contribution in [3.63, 3.8) is 0 Å². The summed E-state index contributed by atoms with van der Waals surface area (Å²) >= 11 is 1.61. The van der Waals surface area contributed by atoms with E-state index in [1.54, 1.807) is 28.7 Å². The summed E-state index contributed by atoms with van der Waals surface area (Å²) in [7, 11) is 0. The maximum absolute atomic E-state index is 7.92. The summed E-state index contributed by atoms with van der Waals surface area (Å²) in [5.41, 5.74) is 9.15. The summed E-state index contributed by atoms with van der Waals surface area (Å²) in [6.45, 7) is 1.91. The minimum atomic E-state index is 0.381. The Balaban J connectivity index is 1.88. The lowest BCUT2D eigenvalue weighted by molar-refractivity contribution is 0.656. The van der Waals surface area contributed by atoms with Gasteiger partial charge in [-0.25, -0.2) is 4.68 Å². The van der Waals surface area contributed by atoms with Crippen molar-refractivity contribution in [2.24, 2.45) is 5.73 Å². The summed E-state index contributed by atoms with van der Waals surface area (Å²) < 4.78 is 1.67. The molecule has 2 heterocycles. The van der Waals surface area contributed by atoms with Gasteiger partial charge in [0, 0.05) is 40.0 Å². The van der Waals surface area contributed by atoms with Gasteiger partial charge in [-0.3, -0.25) is 10.4 Å². The second kappa shape index (κ2) is 7.31. The average Bonchev–Trinajstić information content (AvgIpc) is 2.63. The first kappa shape index (κ1) is 16.9. The van der Waals surface area contributed by atoms with Crippen LogP contribution in [0.1, 0.15) is 11.3 Å². The van der Waals surface area contributed by atoms with Gasteiger partial charge in [-0.1, -0.05) is 0 Å². The van der Waals surface area contributed by atoms with Crippen LogP contribution in [0.4, 0.5) is 0 Å². The minimum absolute atomic E-state index is 0.381. The molecule has 0 aliphatic carbocycles. The molecular formula is C18H18N6S. The maximum atomic E-state index is 7.92. The van der Waals surface area contributed by atoms with E-state index >= 15 is 0 Å². The Labute approximate surface area is 149 Å². The van der Waals surface area contributed by atoms with Gasteiger partial charge in [0.25, 0.3) is 0 Å². The first-order chi connectivity index (χ1) is 12.1. The van der Waals surface area contributed by atoms with Crippen molar-refractivity contribution >= 4 is 34.5 Å². The second-order valence-electron chi connectivity index (χ2n) is 5.48. The summed E-state index contributed by atoms with van der Waals surface area (Å²) in [5.74, 6) is 0.563. The first-order valence-electron chi connectivity index (χ1n) is 7.65. The van der Waals surface area contributed by atoms with Crippen molar-refractivity contribution in [3.8, 4) is 0 Å². The highest BCUT2D eigenvalue weighted by atomic mass is 32.2. The Kier molecular flexibility index (Phi) is 4.95. The molecule has 25 heavy (non-hydrogen) atoms. The van der Waals surface area contributed by atoms with Gasteiger partial charge in [0.05, 0.1) is 17.1 Å². The van der Waals surface area contributed by atoms with Crippen LogP contribution in [-0.4, -0.2) is 21.0 Å². The van der Waals surface area contributed by atoms with E-state index in [1.807, 2.05) is 31.2 Å². The van der Waals surface area contributed by atoms with Gasteiger partial charge in [-0.15, -0.1) is 11.8 Å². The summed E-state index contributed by atoms with van der Waals surface area (Å²) in [6.07, 6.45) is 4.35. The highest BCUT2D eigenvalue weighted by Gasteiger charge is 2.04. The molecule has 126 valence electrons. The number of nitrogens with two attached hydrogens (primary N) is 1. The monoisotopic (exact) mass is 350 g/mol. The van der Waals surface area contributed by atoms with E-state index in [1.165, 1.54) is 12.4 Å². The Hall–Kier alpha value is -2.93. The normalized spacial score (nSPS) is 11.6. The molecule has 0 atom stereocenters. The van der Waals surface area contributed by atoms with Gasteiger partial charge in [-0.05, 0) is 43.3 Å². The number of rotatable bonds is 5. The Morgan fingerprint density at radius 3 is 2.88 bits per heavy atom. The smallest absolute Gasteiger partial charge is 0.142 e. The molecule has 0 aliphatic heterocycles. The van der Waals surface area contributed by atoms with Crippen LogP contribution >= 0.6 is 11.8 Å². The van der Waals surface area contributed by atoms with Gasteiger partial charge in [0.1, 0.15) is 5.49 Å².